The van der Waals surface area contributed by atoms with E-state index in [4.69, 9.17) is 4.42 Å². The number of carbonyl (C=O) groups is 1. The van der Waals surface area contributed by atoms with Crippen LogP contribution < -0.4 is 0 Å². The Balaban J connectivity index is 0.000000581. The first-order valence-corrected chi connectivity index (χ1v) is 5.99. The van der Waals surface area contributed by atoms with Gasteiger partial charge in [0.15, 0.2) is 6.29 Å². The number of hydrogen-bond acceptors (Lipinski definition) is 2. The molecule has 0 aliphatic heterocycles. The molecular weight excluding hydrogens is 212 g/mol. The molecule has 0 spiro atoms. The molecule has 92 valence electrons. The Kier molecular flexibility index (Phi) is 8.39. The number of rotatable bonds is 2. The first kappa shape index (κ1) is 15.2. The molecule has 17 heavy (non-hydrogen) atoms. The van der Waals surface area contributed by atoms with Gasteiger partial charge in [0.05, 0.1) is 5.56 Å². The predicted octanol–water partition coefficient (Wildman–Crippen LogP) is 4.81. The average Bonchev–Trinajstić information content (AvgIpc) is 2.93. The van der Waals surface area contributed by atoms with Gasteiger partial charge in [0.2, 0.25) is 0 Å². The van der Waals surface area contributed by atoms with Gasteiger partial charge in [-0.25, -0.2) is 0 Å². The summed E-state index contributed by atoms with van der Waals surface area (Å²) in [5.74, 6) is 0.725. The second-order valence-electron chi connectivity index (χ2n) is 2.73. The minimum atomic E-state index is 0.568. The zero-order valence-corrected chi connectivity index (χ0v) is 10.9. The fourth-order valence-corrected chi connectivity index (χ4v) is 1.17. The lowest BCUT2D eigenvalue weighted by atomic mass is 10.1. The molecule has 2 aromatic rings. The summed E-state index contributed by atoms with van der Waals surface area (Å²) in [6.45, 7) is 8.00. The molecule has 0 amide bonds. The summed E-state index contributed by atoms with van der Waals surface area (Å²) >= 11 is 0. The summed E-state index contributed by atoms with van der Waals surface area (Å²) in [7, 11) is 0. The maximum absolute atomic E-state index is 10.4. The highest BCUT2D eigenvalue weighted by Crippen LogP contribution is 2.20. The van der Waals surface area contributed by atoms with Gasteiger partial charge in [0.25, 0.3) is 0 Å². The molecule has 0 unspecified atom stereocenters. The Hall–Kier alpha value is -1.83. The topological polar surface area (TPSA) is 30.2 Å². The Labute approximate surface area is 103 Å². The van der Waals surface area contributed by atoms with Crippen molar-refractivity contribution < 1.29 is 9.21 Å². The highest BCUT2D eigenvalue weighted by atomic mass is 16.3. The monoisotopic (exact) mass is 232 g/mol. The molecule has 0 radical (unpaired) electrons. The Morgan fingerprint density at radius 1 is 1.00 bits per heavy atom. The van der Waals surface area contributed by atoms with Gasteiger partial charge in [-0.15, -0.1) is 0 Å². The molecule has 0 atom stereocenters. The number of hydrogen-bond donors (Lipinski definition) is 0. The van der Waals surface area contributed by atoms with Gasteiger partial charge in [0, 0.05) is 5.56 Å². The lowest BCUT2D eigenvalue weighted by Crippen LogP contribution is -1.71. The molecular formula is C15H20O2. The maximum atomic E-state index is 10.4. The van der Waals surface area contributed by atoms with Crippen molar-refractivity contribution in [1.82, 2.24) is 0 Å². The highest BCUT2D eigenvalue weighted by molar-refractivity contribution is 5.77. The van der Waals surface area contributed by atoms with Crippen LogP contribution in [-0.2, 0) is 0 Å². The summed E-state index contributed by atoms with van der Waals surface area (Å²) in [5.41, 5.74) is 1.55. The van der Waals surface area contributed by atoms with Crippen molar-refractivity contribution in [1.29, 1.82) is 0 Å². The summed E-state index contributed by atoms with van der Waals surface area (Å²) < 4.78 is 5.21. The SMILES string of the molecule is CC.CC.O=Cc1coc(-c2ccccc2)c1. The molecule has 0 aliphatic carbocycles. The van der Waals surface area contributed by atoms with Gasteiger partial charge in [-0.05, 0) is 6.07 Å². The van der Waals surface area contributed by atoms with Crippen LogP contribution in [0, 0.1) is 0 Å². The minimum Gasteiger partial charge on any atom is -0.464 e. The third-order valence-electron chi connectivity index (χ3n) is 1.81. The predicted molar refractivity (Wildman–Crippen MR) is 72.2 cm³/mol. The standard InChI is InChI=1S/C11H8O2.2C2H6/c12-7-9-6-11(13-8-9)10-4-2-1-3-5-10;2*1-2/h1-8H;2*1-2H3. The van der Waals surface area contributed by atoms with Crippen molar-refractivity contribution in [3.63, 3.8) is 0 Å². The lowest BCUT2D eigenvalue weighted by Gasteiger charge is -1.92. The Bertz CT molecular complexity index is 402. The van der Waals surface area contributed by atoms with Gasteiger partial charge < -0.3 is 4.42 Å². The minimum absolute atomic E-state index is 0.568. The molecule has 0 aliphatic rings. The van der Waals surface area contributed by atoms with E-state index in [9.17, 15) is 4.79 Å². The molecule has 2 nitrogen and oxygen atoms in total. The zero-order chi connectivity index (χ0) is 13.1. The average molecular weight is 232 g/mol. The van der Waals surface area contributed by atoms with E-state index in [0.717, 1.165) is 17.6 Å². The van der Waals surface area contributed by atoms with Gasteiger partial charge in [0.1, 0.15) is 12.0 Å². The van der Waals surface area contributed by atoms with Crippen LogP contribution >= 0.6 is 0 Å². The summed E-state index contributed by atoms with van der Waals surface area (Å²) in [5, 5.41) is 0. The van der Waals surface area contributed by atoms with Crippen LogP contribution in [0.15, 0.2) is 47.1 Å². The third kappa shape index (κ3) is 4.68. The van der Waals surface area contributed by atoms with Gasteiger partial charge >= 0.3 is 0 Å². The highest BCUT2D eigenvalue weighted by Gasteiger charge is 2.01. The first-order chi connectivity index (χ1) is 8.40. The third-order valence-corrected chi connectivity index (χ3v) is 1.81. The normalized spacial score (nSPS) is 8.24. The molecule has 0 bridgehead atoms. The van der Waals surface area contributed by atoms with E-state index in [2.05, 4.69) is 0 Å². The molecule has 0 N–H and O–H groups in total. The molecule has 2 rings (SSSR count). The second kappa shape index (κ2) is 9.40. The first-order valence-electron chi connectivity index (χ1n) is 5.99. The van der Waals surface area contributed by atoms with Gasteiger partial charge in [-0.2, -0.15) is 0 Å². The van der Waals surface area contributed by atoms with Crippen molar-refractivity contribution in [3.8, 4) is 11.3 Å². The molecule has 1 aromatic carbocycles. The van der Waals surface area contributed by atoms with Gasteiger partial charge in [-0.1, -0.05) is 58.0 Å². The number of carbonyl (C=O) groups excluding carboxylic acids is 1. The molecule has 0 saturated carbocycles. The van der Waals surface area contributed by atoms with Crippen LogP contribution in [0.4, 0.5) is 0 Å². The van der Waals surface area contributed by atoms with E-state index in [1.54, 1.807) is 6.07 Å². The van der Waals surface area contributed by atoms with Crippen molar-refractivity contribution >= 4 is 6.29 Å². The number of benzene rings is 1. The van der Waals surface area contributed by atoms with Crippen LogP contribution in [0.5, 0.6) is 0 Å². The fraction of sp³-hybridized carbons (Fsp3) is 0.267. The van der Waals surface area contributed by atoms with E-state index >= 15 is 0 Å². The van der Waals surface area contributed by atoms with Crippen molar-refractivity contribution in [2.45, 2.75) is 27.7 Å². The molecule has 1 aromatic heterocycles. The van der Waals surface area contributed by atoms with Crippen molar-refractivity contribution in [2.75, 3.05) is 0 Å². The Morgan fingerprint density at radius 2 is 1.59 bits per heavy atom. The van der Waals surface area contributed by atoms with Crippen molar-refractivity contribution in [3.05, 3.63) is 48.2 Å². The maximum Gasteiger partial charge on any atom is 0.153 e. The molecule has 1 heterocycles. The van der Waals surface area contributed by atoms with Crippen LogP contribution in [0.3, 0.4) is 0 Å². The molecule has 0 fully saturated rings. The molecule has 0 saturated heterocycles. The zero-order valence-electron chi connectivity index (χ0n) is 10.9. The van der Waals surface area contributed by atoms with E-state index in [-0.39, 0.29) is 0 Å². The van der Waals surface area contributed by atoms with E-state index in [0.29, 0.717) is 5.56 Å². The lowest BCUT2D eigenvalue weighted by molar-refractivity contribution is 0.112. The van der Waals surface area contributed by atoms with Crippen LogP contribution in [-0.4, -0.2) is 6.29 Å². The molecule has 2 heteroatoms. The van der Waals surface area contributed by atoms with E-state index in [1.165, 1.54) is 6.26 Å². The van der Waals surface area contributed by atoms with Crippen LogP contribution in [0.2, 0.25) is 0 Å². The number of furan rings is 1. The van der Waals surface area contributed by atoms with Crippen LogP contribution in [0.1, 0.15) is 38.1 Å². The Morgan fingerprint density at radius 3 is 2.06 bits per heavy atom. The smallest absolute Gasteiger partial charge is 0.153 e. The van der Waals surface area contributed by atoms with E-state index in [1.807, 2.05) is 58.0 Å². The number of aldehydes is 1. The quantitative estimate of drug-likeness (QED) is 0.695. The van der Waals surface area contributed by atoms with Crippen molar-refractivity contribution in [2.24, 2.45) is 0 Å². The summed E-state index contributed by atoms with van der Waals surface area (Å²) in [6, 6.07) is 11.4. The summed E-state index contributed by atoms with van der Waals surface area (Å²) in [6.07, 6.45) is 2.23. The second-order valence-corrected chi connectivity index (χ2v) is 2.73. The fourth-order valence-electron chi connectivity index (χ4n) is 1.17. The largest absolute Gasteiger partial charge is 0.464 e. The summed E-state index contributed by atoms with van der Waals surface area (Å²) in [4.78, 5) is 10.4. The van der Waals surface area contributed by atoms with E-state index < -0.39 is 0 Å². The van der Waals surface area contributed by atoms with Crippen LogP contribution in [0.25, 0.3) is 11.3 Å². The van der Waals surface area contributed by atoms with Gasteiger partial charge in [-0.3, -0.25) is 4.79 Å².